The molecule has 1 aliphatic rings. The lowest BCUT2D eigenvalue weighted by Crippen LogP contribution is -2.30. The Balaban J connectivity index is 0.000000246. The van der Waals surface area contributed by atoms with E-state index in [0.717, 1.165) is 37.4 Å². The first-order chi connectivity index (χ1) is 17.7. The van der Waals surface area contributed by atoms with Gasteiger partial charge in [0.1, 0.15) is 11.6 Å². The van der Waals surface area contributed by atoms with Crippen molar-refractivity contribution >= 4 is 5.69 Å². The Morgan fingerprint density at radius 2 is 1.62 bits per heavy atom. The summed E-state index contributed by atoms with van der Waals surface area (Å²) in [6, 6.07) is 20.5. The van der Waals surface area contributed by atoms with Crippen LogP contribution in [0.25, 0.3) is 0 Å². The lowest BCUT2D eigenvalue weighted by molar-refractivity contribution is -0.158. The van der Waals surface area contributed by atoms with Crippen LogP contribution >= 0.6 is 0 Å². The van der Waals surface area contributed by atoms with E-state index in [-0.39, 0.29) is 24.0 Å². The average Bonchev–Trinajstić information content (AvgIpc) is 2.89. The Hall–Kier alpha value is -3.43. The van der Waals surface area contributed by atoms with E-state index in [2.05, 4.69) is 15.2 Å². The monoisotopic (exact) mass is 517 g/mol. The van der Waals surface area contributed by atoms with Crippen molar-refractivity contribution in [2.45, 2.75) is 32.3 Å². The van der Waals surface area contributed by atoms with Crippen molar-refractivity contribution in [3.8, 4) is 5.75 Å². The van der Waals surface area contributed by atoms with Gasteiger partial charge in [0.05, 0.1) is 19.8 Å². The number of halogens is 3. The Bertz CT molecular complexity index is 1030. The number of ether oxygens (including phenoxy) is 2. The summed E-state index contributed by atoms with van der Waals surface area (Å²) in [5.41, 5.74) is 8.43. The zero-order chi connectivity index (χ0) is 27.1. The standard InChI is InChI=1S/C16H15F2NO2.C8H10FN.C4H9NO/c1-16(17,18)21-14-9-7-13(8-10-14)15(11-19-20)12-5-3-2-4-6-12;1-2-6-7(9)4-3-5-8(6)10;1-3-6-4-2-5-1/h2-10,15H,11H2,1H3;3-5H,2,10H2,1H3;5H,1-4H2/t15-;;/m1../s1. The molecule has 0 aliphatic carbocycles. The van der Waals surface area contributed by atoms with E-state index in [1.807, 2.05) is 37.3 Å². The smallest absolute Gasteiger partial charge is 0.394 e. The number of nitrogens with one attached hydrogen (secondary N) is 1. The molecule has 1 aliphatic heterocycles. The molecule has 4 rings (SSSR count). The van der Waals surface area contributed by atoms with Crippen LogP contribution in [0.2, 0.25) is 0 Å². The number of hydrogen-bond acceptors (Lipinski definition) is 6. The number of nitrogens with two attached hydrogens (primary N) is 1. The predicted octanol–water partition coefficient (Wildman–Crippen LogP) is 6.15. The zero-order valence-electron chi connectivity index (χ0n) is 21.1. The Morgan fingerprint density at radius 3 is 2.05 bits per heavy atom. The first-order valence-electron chi connectivity index (χ1n) is 12.1. The molecule has 0 bridgehead atoms. The first kappa shape index (κ1) is 29.8. The fraction of sp³-hybridized carbons (Fsp3) is 0.357. The summed E-state index contributed by atoms with van der Waals surface area (Å²) in [6.45, 7) is 6.49. The molecule has 1 heterocycles. The quantitative estimate of drug-likeness (QED) is 0.290. The number of rotatable bonds is 7. The predicted molar refractivity (Wildman–Crippen MR) is 141 cm³/mol. The Labute approximate surface area is 216 Å². The van der Waals surface area contributed by atoms with Crippen molar-refractivity contribution < 1.29 is 22.6 Å². The van der Waals surface area contributed by atoms with E-state index in [9.17, 15) is 18.1 Å². The molecule has 3 aromatic carbocycles. The molecule has 9 heteroatoms. The molecule has 37 heavy (non-hydrogen) atoms. The second kappa shape index (κ2) is 15.6. The maximum Gasteiger partial charge on any atom is 0.394 e. The van der Waals surface area contributed by atoms with Crippen LogP contribution < -0.4 is 15.8 Å². The first-order valence-corrected chi connectivity index (χ1v) is 12.1. The number of hydrogen-bond donors (Lipinski definition) is 2. The lowest BCUT2D eigenvalue weighted by Gasteiger charge is -2.16. The molecule has 1 atom stereocenters. The summed E-state index contributed by atoms with van der Waals surface area (Å²) in [7, 11) is 0. The van der Waals surface area contributed by atoms with Gasteiger partial charge in [-0.2, -0.15) is 13.7 Å². The lowest BCUT2D eigenvalue weighted by atomic mass is 9.91. The second-order valence-electron chi connectivity index (χ2n) is 8.28. The highest BCUT2D eigenvalue weighted by Crippen LogP contribution is 2.28. The summed E-state index contributed by atoms with van der Waals surface area (Å²) < 4.78 is 47.8. The van der Waals surface area contributed by atoms with Crippen molar-refractivity contribution in [2.75, 3.05) is 38.6 Å². The Kier molecular flexibility index (Phi) is 12.6. The van der Waals surface area contributed by atoms with Gasteiger partial charge in [-0.25, -0.2) is 4.39 Å². The fourth-order valence-electron chi connectivity index (χ4n) is 3.60. The van der Waals surface area contributed by atoms with Crippen LogP contribution in [0.3, 0.4) is 0 Å². The maximum absolute atomic E-state index is 12.8. The molecule has 3 N–H and O–H groups in total. The highest BCUT2D eigenvalue weighted by molar-refractivity contribution is 5.47. The molecule has 3 aromatic rings. The zero-order valence-corrected chi connectivity index (χ0v) is 21.1. The van der Waals surface area contributed by atoms with Gasteiger partial charge in [-0.3, -0.25) is 0 Å². The number of benzene rings is 3. The van der Waals surface area contributed by atoms with Crippen molar-refractivity contribution in [2.24, 2.45) is 5.18 Å². The SMILES string of the molecule is C1COCCN1.CC(F)(F)Oc1ccc([C@H](CN=O)c2ccccc2)cc1.CCc1c(N)cccc1F. The summed E-state index contributed by atoms with van der Waals surface area (Å²) in [4.78, 5) is 10.6. The van der Waals surface area contributed by atoms with Crippen LogP contribution in [0.4, 0.5) is 18.9 Å². The number of alkyl halides is 2. The van der Waals surface area contributed by atoms with E-state index < -0.39 is 6.11 Å². The number of anilines is 1. The maximum atomic E-state index is 12.8. The Morgan fingerprint density at radius 1 is 1.00 bits per heavy atom. The van der Waals surface area contributed by atoms with E-state index in [4.69, 9.17) is 10.5 Å². The molecule has 0 aromatic heterocycles. The van der Waals surface area contributed by atoms with E-state index >= 15 is 0 Å². The van der Waals surface area contributed by atoms with Gasteiger partial charge in [-0.1, -0.05) is 60.6 Å². The third kappa shape index (κ3) is 11.0. The molecule has 6 nitrogen and oxygen atoms in total. The molecule has 0 amide bonds. The molecule has 1 saturated heterocycles. The minimum absolute atomic E-state index is 0.0807. The van der Waals surface area contributed by atoms with Crippen LogP contribution in [0, 0.1) is 10.7 Å². The van der Waals surface area contributed by atoms with Gasteiger partial charge < -0.3 is 20.5 Å². The van der Waals surface area contributed by atoms with Crippen molar-refractivity contribution in [3.63, 3.8) is 0 Å². The molecule has 0 spiro atoms. The summed E-state index contributed by atoms with van der Waals surface area (Å²) in [5, 5.41) is 6.13. The van der Waals surface area contributed by atoms with Gasteiger partial charge >= 0.3 is 6.11 Å². The molecular formula is C28H34F3N3O3. The van der Waals surface area contributed by atoms with E-state index in [1.165, 1.54) is 18.2 Å². The molecule has 0 unspecified atom stereocenters. The summed E-state index contributed by atoms with van der Waals surface area (Å²) in [5.74, 6) is -0.320. The molecular weight excluding hydrogens is 483 g/mol. The topological polar surface area (TPSA) is 85.9 Å². The average molecular weight is 518 g/mol. The number of morpholine rings is 1. The van der Waals surface area contributed by atoms with Crippen molar-refractivity contribution in [1.29, 1.82) is 0 Å². The minimum Gasteiger partial charge on any atom is -0.433 e. The second-order valence-corrected chi connectivity index (χ2v) is 8.28. The van der Waals surface area contributed by atoms with E-state index in [0.29, 0.717) is 24.6 Å². The summed E-state index contributed by atoms with van der Waals surface area (Å²) in [6.07, 6.45) is -2.57. The number of nitrogen functional groups attached to an aromatic ring is 1. The largest absolute Gasteiger partial charge is 0.433 e. The van der Waals surface area contributed by atoms with Crippen LogP contribution in [-0.2, 0) is 11.2 Å². The minimum atomic E-state index is -3.22. The van der Waals surface area contributed by atoms with Gasteiger partial charge in [0, 0.05) is 37.2 Å². The van der Waals surface area contributed by atoms with Crippen LogP contribution in [0.15, 0.2) is 78.0 Å². The van der Waals surface area contributed by atoms with Crippen LogP contribution in [0.1, 0.15) is 36.5 Å². The van der Waals surface area contributed by atoms with E-state index in [1.54, 1.807) is 24.3 Å². The third-order valence-electron chi connectivity index (χ3n) is 5.39. The molecule has 200 valence electrons. The van der Waals surface area contributed by atoms with Gasteiger partial charge in [0.15, 0.2) is 0 Å². The fourth-order valence-corrected chi connectivity index (χ4v) is 3.60. The van der Waals surface area contributed by atoms with Crippen LogP contribution in [0.5, 0.6) is 5.75 Å². The van der Waals surface area contributed by atoms with Gasteiger partial charge in [0.25, 0.3) is 0 Å². The highest BCUT2D eigenvalue weighted by atomic mass is 19.3. The normalized spacial score (nSPS) is 13.8. The van der Waals surface area contributed by atoms with Crippen molar-refractivity contribution in [1.82, 2.24) is 5.32 Å². The van der Waals surface area contributed by atoms with Crippen molar-refractivity contribution in [3.05, 3.63) is 100 Å². The number of nitrogens with zero attached hydrogens (tertiary/aromatic N) is 1. The number of nitroso groups, excluding NO2 is 1. The highest BCUT2D eigenvalue weighted by Gasteiger charge is 2.23. The molecule has 0 radical (unpaired) electrons. The van der Waals surface area contributed by atoms with Gasteiger partial charge in [-0.05, 0) is 41.8 Å². The summed E-state index contributed by atoms with van der Waals surface area (Å²) >= 11 is 0. The van der Waals surface area contributed by atoms with Gasteiger partial charge in [0.2, 0.25) is 0 Å². The third-order valence-corrected chi connectivity index (χ3v) is 5.39. The molecule has 0 saturated carbocycles. The van der Waals surface area contributed by atoms with Crippen LogP contribution in [-0.4, -0.2) is 39.0 Å². The molecule has 1 fully saturated rings. The van der Waals surface area contributed by atoms with Gasteiger partial charge in [-0.15, -0.1) is 0 Å².